The van der Waals surface area contributed by atoms with E-state index in [2.05, 4.69) is 36.5 Å². The molecule has 33 heavy (non-hydrogen) atoms. The molecule has 0 aliphatic heterocycles. The van der Waals surface area contributed by atoms with Crippen LogP contribution in [0.2, 0.25) is 0 Å². The van der Waals surface area contributed by atoms with Crippen LogP contribution in [0, 0.1) is 11.3 Å². The summed E-state index contributed by atoms with van der Waals surface area (Å²) in [6, 6.07) is 15.6. The first-order valence-corrected chi connectivity index (χ1v) is 10.2. The lowest BCUT2D eigenvalue weighted by atomic mass is 10.0. The largest absolute Gasteiger partial charge is 0.490 e. The van der Waals surface area contributed by atoms with Crippen molar-refractivity contribution in [1.29, 1.82) is 5.26 Å². The van der Waals surface area contributed by atoms with Crippen LogP contribution in [-0.2, 0) is 4.79 Å². The summed E-state index contributed by atoms with van der Waals surface area (Å²) in [5.41, 5.74) is 8.64. The Morgan fingerprint density at radius 2 is 1.82 bits per heavy atom. The number of alkyl halides is 3. The lowest BCUT2D eigenvalue weighted by Gasteiger charge is -2.19. The number of rotatable bonds is 4. The minimum atomic E-state index is -5.08. The summed E-state index contributed by atoms with van der Waals surface area (Å²) in [5.74, 6) is -1.96. The van der Waals surface area contributed by atoms with Crippen LogP contribution in [0.25, 0.3) is 22.6 Å². The van der Waals surface area contributed by atoms with Crippen molar-refractivity contribution in [2.45, 2.75) is 37.4 Å². The third-order valence-corrected chi connectivity index (χ3v) is 5.04. The highest BCUT2D eigenvalue weighted by Crippen LogP contribution is 2.32. The van der Waals surface area contributed by atoms with Crippen LogP contribution in [0.5, 0.6) is 0 Å². The van der Waals surface area contributed by atoms with E-state index in [4.69, 9.17) is 20.1 Å². The molecule has 0 radical (unpaired) electrons. The van der Waals surface area contributed by atoms with Gasteiger partial charge in [-0.2, -0.15) is 18.4 Å². The van der Waals surface area contributed by atoms with Gasteiger partial charge >= 0.3 is 12.1 Å². The number of carboxylic acid groups (broad SMARTS) is 1. The van der Waals surface area contributed by atoms with Crippen molar-refractivity contribution in [3.8, 4) is 28.7 Å². The summed E-state index contributed by atoms with van der Waals surface area (Å²) in [6.07, 6.45) is -3.51. The number of nitrogens with two attached hydrogens (primary N) is 1. The van der Waals surface area contributed by atoms with Crippen molar-refractivity contribution in [3.63, 3.8) is 0 Å². The second-order valence-electron chi connectivity index (χ2n) is 7.69. The predicted octanol–water partition coefficient (Wildman–Crippen LogP) is 5.49. The minimum absolute atomic E-state index is 0.0322. The SMILES string of the molecule is CC(C)(C)NSc1ccc(-c2cc(-c3ccco3)c(C#N)c(N)n2)cc1.O=C(O)C(F)(F)F. The Bertz CT molecular complexity index is 1130. The van der Waals surface area contributed by atoms with Crippen LogP contribution < -0.4 is 10.5 Å². The second kappa shape index (κ2) is 10.4. The van der Waals surface area contributed by atoms with E-state index < -0.39 is 12.1 Å². The van der Waals surface area contributed by atoms with Crippen molar-refractivity contribution in [1.82, 2.24) is 9.71 Å². The first-order valence-electron chi connectivity index (χ1n) is 9.41. The summed E-state index contributed by atoms with van der Waals surface area (Å²) in [4.78, 5) is 14.4. The number of aromatic nitrogens is 1. The number of furan rings is 1. The van der Waals surface area contributed by atoms with Gasteiger partial charge in [0.2, 0.25) is 0 Å². The quantitative estimate of drug-likeness (QED) is 0.420. The van der Waals surface area contributed by atoms with E-state index in [1.807, 2.05) is 30.3 Å². The molecule has 3 rings (SSSR count). The molecule has 174 valence electrons. The number of hydrogen-bond acceptors (Lipinski definition) is 7. The van der Waals surface area contributed by atoms with Gasteiger partial charge in [0, 0.05) is 21.6 Å². The fourth-order valence-electron chi connectivity index (χ4n) is 2.36. The molecule has 7 nitrogen and oxygen atoms in total. The number of nitriles is 1. The molecule has 0 atom stereocenters. The van der Waals surface area contributed by atoms with E-state index in [9.17, 15) is 18.4 Å². The fourth-order valence-corrected chi connectivity index (χ4v) is 3.06. The highest BCUT2D eigenvalue weighted by molar-refractivity contribution is 7.97. The van der Waals surface area contributed by atoms with E-state index in [-0.39, 0.29) is 11.4 Å². The number of halogens is 3. The molecule has 4 N–H and O–H groups in total. The Morgan fingerprint density at radius 1 is 1.21 bits per heavy atom. The summed E-state index contributed by atoms with van der Waals surface area (Å²) in [6.45, 7) is 6.36. The van der Waals surface area contributed by atoms with Crippen LogP contribution in [0.4, 0.5) is 19.0 Å². The van der Waals surface area contributed by atoms with Crippen LogP contribution in [-0.4, -0.2) is 27.8 Å². The molecule has 0 aliphatic rings. The third-order valence-electron chi connectivity index (χ3n) is 3.81. The number of hydrogen-bond donors (Lipinski definition) is 3. The number of pyridine rings is 1. The molecule has 0 saturated heterocycles. The highest BCUT2D eigenvalue weighted by Gasteiger charge is 2.38. The van der Waals surface area contributed by atoms with Crippen molar-refractivity contribution < 1.29 is 27.5 Å². The standard InChI is InChI=1S/C20H20N4OS.C2HF3O2/c1-20(2,3)24-26-14-8-6-13(7-9-14)17-11-15(18-5-4-10-25-18)16(12-21)19(22)23-17;3-2(4,5)1(6)7/h4-11,24H,1-3H3,(H2,22,23);(H,6,7). The first-order chi connectivity index (χ1) is 15.3. The van der Waals surface area contributed by atoms with Crippen LogP contribution in [0.1, 0.15) is 26.3 Å². The molecule has 0 bridgehead atoms. The van der Waals surface area contributed by atoms with E-state index in [0.717, 1.165) is 10.5 Å². The topological polar surface area (TPSA) is 125 Å². The van der Waals surface area contributed by atoms with E-state index in [1.165, 1.54) is 0 Å². The van der Waals surface area contributed by atoms with Gasteiger partial charge in [-0.1, -0.05) is 12.1 Å². The molecule has 2 heterocycles. The normalized spacial score (nSPS) is 11.3. The molecule has 0 aliphatic carbocycles. The molecule has 0 unspecified atom stereocenters. The molecule has 11 heteroatoms. The van der Waals surface area contributed by atoms with Crippen LogP contribution >= 0.6 is 11.9 Å². The number of carboxylic acids is 1. The zero-order valence-electron chi connectivity index (χ0n) is 17.9. The lowest BCUT2D eigenvalue weighted by Crippen LogP contribution is -2.29. The number of aliphatic carboxylic acids is 1. The zero-order valence-corrected chi connectivity index (χ0v) is 18.7. The number of benzene rings is 1. The molecule has 3 aromatic rings. The summed E-state index contributed by atoms with van der Waals surface area (Å²) >= 11 is 1.59. The van der Waals surface area contributed by atoms with Gasteiger partial charge in [-0.05, 0) is 63.1 Å². The maximum atomic E-state index is 10.6. The summed E-state index contributed by atoms with van der Waals surface area (Å²) < 4.78 is 40.6. The van der Waals surface area contributed by atoms with Crippen LogP contribution in [0.3, 0.4) is 0 Å². The number of anilines is 1. The maximum Gasteiger partial charge on any atom is 0.490 e. The number of nitrogens with zero attached hydrogens (tertiary/aromatic N) is 2. The third kappa shape index (κ3) is 7.55. The summed E-state index contributed by atoms with van der Waals surface area (Å²) in [7, 11) is 0. The van der Waals surface area contributed by atoms with Crippen molar-refractivity contribution in [3.05, 3.63) is 54.3 Å². The zero-order chi connectivity index (χ0) is 24.8. The van der Waals surface area contributed by atoms with Gasteiger partial charge in [0.15, 0.2) is 0 Å². The van der Waals surface area contributed by atoms with Crippen LogP contribution in [0.15, 0.2) is 58.0 Å². The first kappa shape index (κ1) is 25.8. The Labute approximate surface area is 192 Å². The Morgan fingerprint density at radius 3 is 2.27 bits per heavy atom. The van der Waals surface area contributed by atoms with Gasteiger partial charge in [-0.15, -0.1) is 0 Å². The molecule has 0 spiro atoms. The van der Waals surface area contributed by atoms with E-state index >= 15 is 0 Å². The summed E-state index contributed by atoms with van der Waals surface area (Å²) in [5, 5.41) is 16.5. The minimum Gasteiger partial charge on any atom is -0.475 e. The lowest BCUT2D eigenvalue weighted by molar-refractivity contribution is -0.192. The smallest absolute Gasteiger partial charge is 0.475 e. The molecule has 0 saturated carbocycles. The fraction of sp³-hybridized carbons (Fsp3) is 0.227. The monoisotopic (exact) mass is 478 g/mol. The average Bonchev–Trinajstić information content (AvgIpc) is 3.26. The van der Waals surface area contributed by atoms with Crippen molar-refractivity contribution >= 4 is 23.7 Å². The number of nitrogens with one attached hydrogen (secondary N) is 1. The Balaban J connectivity index is 0.000000479. The molecule has 0 amide bonds. The van der Waals surface area contributed by atoms with Gasteiger partial charge in [-0.25, -0.2) is 9.78 Å². The number of nitrogen functional groups attached to an aromatic ring is 1. The van der Waals surface area contributed by atoms with Crippen molar-refractivity contribution in [2.24, 2.45) is 0 Å². The van der Waals surface area contributed by atoms with Gasteiger partial charge < -0.3 is 15.3 Å². The van der Waals surface area contributed by atoms with Gasteiger partial charge in [0.1, 0.15) is 23.2 Å². The number of carbonyl (C=O) groups is 1. The Kier molecular flexibility index (Phi) is 8.13. The predicted molar refractivity (Wildman–Crippen MR) is 119 cm³/mol. The van der Waals surface area contributed by atoms with Crippen molar-refractivity contribution in [2.75, 3.05) is 5.73 Å². The maximum absolute atomic E-state index is 10.6. The van der Waals surface area contributed by atoms with E-state index in [0.29, 0.717) is 22.6 Å². The van der Waals surface area contributed by atoms with Gasteiger partial charge in [0.25, 0.3) is 0 Å². The molecule has 0 fully saturated rings. The molecule has 2 aromatic heterocycles. The van der Waals surface area contributed by atoms with Gasteiger partial charge in [-0.3, -0.25) is 4.72 Å². The molecule has 1 aromatic carbocycles. The Hall–Kier alpha value is -3.49. The highest BCUT2D eigenvalue weighted by atomic mass is 32.2. The molecular formula is C22H21F3N4O3S. The van der Waals surface area contributed by atoms with Gasteiger partial charge in [0.05, 0.1) is 12.0 Å². The van der Waals surface area contributed by atoms with E-state index in [1.54, 1.807) is 30.3 Å². The average molecular weight is 478 g/mol. The second-order valence-corrected chi connectivity index (χ2v) is 8.57. The molecular weight excluding hydrogens is 457 g/mol.